The summed E-state index contributed by atoms with van der Waals surface area (Å²) >= 11 is 0. The molecule has 1 rings (SSSR count). The van der Waals surface area contributed by atoms with Gasteiger partial charge in [0.25, 0.3) is 0 Å². The van der Waals surface area contributed by atoms with Crippen molar-refractivity contribution in [2.24, 2.45) is 5.73 Å². The number of hydrogen-bond acceptors (Lipinski definition) is 2. The minimum absolute atomic E-state index is 0.0442. The molecule has 0 aromatic heterocycles. The zero-order chi connectivity index (χ0) is 14.6. The fraction of sp³-hybridized carbons (Fsp3) is 0.462. The molecule has 1 aromatic carbocycles. The molecule has 0 bridgehead atoms. The van der Waals surface area contributed by atoms with E-state index in [1.54, 1.807) is 25.1 Å². The first kappa shape index (κ1) is 15.5. The molecule has 3 nitrogen and oxygen atoms in total. The quantitative estimate of drug-likeness (QED) is 0.640. The number of nitrogens with zero attached hydrogens (tertiary/aromatic N) is 1. The van der Waals surface area contributed by atoms with Gasteiger partial charge >= 0.3 is 6.18 Å². The molecule has 106 valence electrons. The third-order valence-corrected chi connectivity index (χ3v) is 2.90. The summed E-state index contributed by atoms with van der Waals surface area (Å²) in [6.07, 6.45) is -4.19. The molecule has 0 amide bonds. The zero-order valence-corrected chi connectivity index (χ0v) is 11.0. The summed E-state index contributed by atoms with van der Waals surface area (Å²) in [7, 11) is 0. The minimum atomic E-state index is -4.19. The fourth-order valence-corrected chi connectivity index (χ4v) is 1.81. The summed E-state index contributed by atoms with van der Waals surface area (Å²) in [5.41, 5.74) is 7.61. The summed E-state index contributed by atoms with van der Waals surface area (Å²) in [5.74, 6) is -0.0442. The lowest BCUT2D eigenvalue weighted by atomic mass is 10.0. The van der Waals surface area contributed by atoms with Crippen LogP contribution in [0.2, 0.25) is 0 Å². The van der Waals surface area contributed by atoms with Gasteiger partial charge in [0.1, 0.15) is 5.84 Å². The van der Waals surface area contributed by atoms with Crippen molar-refractivity contribution in [1.29, 1.82) is 5.41 Å². The van der Waals surface area contributed by atoms with Crippen molar-refractivity contribution >= 4 is 5.84 Å². The third-order valence-electron chi connectivity index (χ3n) is 2.90. The van der Waals surface area contributed by atoms with Gasteiger partial charge in [0.2, 0.25) is 0 Å². The first-order chi connectivity index (χ1) is 8.73. The maximum absolute atomic E-state index is 12.4. The molecule has 0 fully saturated rings. The molecule has 3 N–H and O–H groups in total. The Morgan fingerprint density at radius 1 is 1.37 bits per heavy atom. The molecule has 0 unspecified atom stereocenters. The fourth-order valence-electron chi connectivity index (χ4n) is 1.81. The van der Waals surface area contributed by atoms with Crippen LogP contribution in [0, 0.1) is 12.3 Å². The highest BCUT2D eigenvalue weighted by atomic mass is 19.4. The number of aryl methyl sites for hydroxylation is 1. The Balaban J connectivity index is 2.83. The van der Waals surface area contributed by atoms with Gasteiger partial charge in [-0.2, -0.15) is 13.2 Å². The van der Waals surface area contributed by atoms with Gasteiger partial charge in [0, 0.05) is 12.1 Å². The molecule has 0 saturated carbocycles. The molecule has 0 atom stereocenters. The number of nitrogens with one attached hydrogen (secondary N) is 1. The second-order valence-corrected chi connectivity index (χ2v) is 4.47. The van der Waals surface area contributed by atoms with E-state index in [1.807, 2.05) is 6.92 Å². The smallest absolute Gasteiger partial charge is 0.384 e. The van der Waals surface area contributed by atoms with Gasteiger partial charge in [-0.25, -0.2) is 0 Å². The highest BCUT2D eigenvalue weighted by molar-refractivity contribution is 5.95. The topological polar surface area (TPSA) is 53.1 Å². The monoisotopic (exact) mass is 273 g/mol. The molecule has 19 heavy (non-hydrogen) atoms. The van der Waals surface area contributed by atoms with E-state index in [4.69, 9.17) is 11.1 Å². The van der Waals surface area contributed by atoms with Crippen LogP contribution in [0.4, 0.5) is 13.2 Å². The summed E-state index contributed by atoms with van der Waals surface area (Å²) in [6, 6.07) is 5.11. The van der Waals surface area contributed by atoms with Gasteiger partial charge in [0.15, 0.2) is 0 Å². The lowest BCUT2D eigenvalue weighted by molar-refractivity contribution is -0.146. The van der Waals surface area contributed by atoms with E-state index >= 15 is 0 Å². The first-order valence-electron chi connectivity index (χ1n) is 5.96. The average Bonchev–Trinajstić information content (AvgIpc) is 2.28. The van der Waals surface area contributed by atoms with Crippen LogP contribution in [0.15, 0.2) is 18.2 Å². The van der Waals surface area contributed by atoms with E-state index in [2.05, 4.69) is 0 Å². The summed E-state index contributed by atoms with van der Waals surface area (Å²) in [4.78, 5) is 1.33. The number of nitrogens with two attached hydrogens (primary N) is 1. The van der Waals surface area contributed by atoms with Crippen LogP contribution in [0.3, 0.4) is 0 Å². The molecule has 0 aliphatic rings. The number of amidine groups is 1. The Hall–Kier alpha value is -1.56. The number of benzene rings is 1. The van der Waals surface area contributed by atoms with Crippen LogP contribution in [0.5, 0.6) is 0 Å². The maximum atomic E-state index is 12.4. The van der Waals surface area contributed by atoms with E-state index in [1.165, 1.54) is 4.90 Å². The number of nitrogen functional groups attached to an aromatic ring is 1. The SMILES string of the molecule is CCN(Cc1ccc(C(=N)N)cc1C)CC(F)(F)F. The van der Waals surface area contributed by atoms with Crippen molar-refractivity contribution in [2.45, 2.75) is 26.6 Å². The third kappa shape index (κ3) is 4.90. The van der Waals surface area contributed by atoms with Crippen LogP contribution >= 0.6 is 0 Å². The molecule has 0 saturated heterocycles. The predicted molar refractivity (Wildman–Crippen MR) is 69.2 cm³/mol. The lowest BCUT2D eigenvalue weighted by Crippen LogP contribution is -2.33. The maximum Gasteiger partial charge on any atom is 0.401 e. The van der Waals surface area contributed by atoms with Gasteiger partial charge in [0.05, 0.1) is 6.54 Å². The van der Waals surface area contributed by atoms with Crippen molar-refractivity contribution in [1.82, 2.24) is 4.90 Å². The van der Waals surface area contributed by atoms with E-state index in [0.29, 0.717) is 12.1 Å². The van der Waals surface area contributed by atoms with Crippen molar-refractivity contribution < 1.29 is 13.2 Å². The highest BCUT2D eigenvalue weighted by Gasteiger charge is 2.30. The molecule has 0 radical (unpaired) electrons. The second kappa shape index (κ2) is 6.06. The van der Waals surface area contributed by atoms with E-state index < -0.39 is 12.7 Å². The van der Waals surface area contributed by atoms with Crippen molar-refractivity contribution in [3.05, 3.63) is 34.9 Å². The van der Waals surface area contributed by atoms with Gasteiger partial charge in [-0.1, -0.05) is 19.1 Å². The standard InChI is InChI=1S/C13H18F3N3/c1-3-19(8-13(14,15)16)7-11-5-4-10(12(17)18)6-9(11)2/h4-6H,3,7-8H2,1-2H3,(H3,17,18). The van der Waals surface area contributed by atoms with Crippen LogP contribution in [0.25, 0.3) is 0 Å². The van der Waals surface area contributed by atoms with Crippen molar-refractivity contribution in [3.8, 4) is 0 Å². The molecule has 0 heterocycles. The second-order valence-electron chi connectivity index (χ2n) is 4.47. The van der Waals surface area contributed by atoms with Crippen LogP contribution in [-0.2, 0) is 6.54 Å². The number of halogens is 3. The van der Waals surface area contributed by atoms with Crippen LogP contribution in [0.1, 0.15) is 23.6 Å². The van der Waals surface area contributed by atoms with Gasteiger partial charge < -0.3 is 5.73 Å². The van der Waals surface area contributed by atoms with E-state index in [9.17, 15) is 13.2 Å². The van der Waals surface area contributed by atoms with Gasteiger partial charge in [-0.15, -0.1) is 0 Å². The molecule has 0 spiro atoms. The van der Waals surface area contributed by atoms with E-state index in [0.717, 1.165) is 11.1 Å². The molecular formula is C13H18F3N3. The van der Waals surface area contributed by atoms with Crippen LogP contribution < -0.4 is 5.73 Å². The largest absolute Gasteiger partial charge is 0.401 e. The Morgan fingerprint density at radius 3 is 2.42 bits per heavy atom. The zero-order valence-electron chi connectivity index (χ0n) is 11.0. The van der Waals surface area contributed by atoms with Crippen LogP contribution in [-0.4, -0.2) is 30.0 Å². The summed E-state index contributed by atoms with van der Waals surface area (Å²) < 4.78 is 37.1. The molecule has 1 aromatic rings. The minimum Gasteiger partial charge on any atom is -0.384 e. The normalized spacial score (nSPS) is 11.9. The lowest BCUT2D eigenvalue weighted by Gasteiger charge is -2.23. The molecular weight excluding hydrogens is 255 g/mol. The number of hydrogen-bond donors (Lipinski definition) is 2. The Morgan fingerprint density at radius 2 is 2.00 bits per heavy atom. The highest BCUT2D eigenvalue weighted by Crippen LogP contribution is 2.19. The molecule has 6 heteroatoms. The number of rotatable bonds is 5. The predicted octanol–water partition coefficient (Wildman–Crippen LogP) is 2.66. The Kier molecular flexibility index (Phi) is 4.94. The molecule has 0 aliphatic heterocycles. The average molecular weight is 273 g/mol. The summed E-state index contributed by atoms with van der Waals surface area (Å²) in [5, 5.41) is 7.32. The molecule has 0 aliphatic carbocycles. The van der Waals surface area contributed by atoms with Gasteiger partial charge in [-0.05, 0) is 30.7 Å². The van der Waals surface area contributed by atoms with Crippen molar-refractivity contribution in [2.75, 3.05) is 13.1 Å². The first-order valence-corrected chi connectivity index (χ1v) is 5.96. The Labute approximate surface area is 110 Å². The van der Waals surface area contributed by atoms with E-state index in [-0.39, 0.29) is 12.4 Å². The Bertz CT molecular complexity index is 455. The van der Waals surface area contributed by atoms with Crippen molar-refractivity contribution in [3.63, 3.8) is 0 Å². The van der Waals surface area contributed by atoms with Gasteiger partial charge in [-0.3, -0.25) is 10.3 Å². The number of alkyl halides is 3. The summed E-state index contributed by atoms with van der Waals surface area (Å²) in [6.45, 7) is 3.15.